The fraction of sp³-hybridized carbons (Fsp3) is 0.0417. The summed E-state index contributed by atoms with van der Waals surface area (Å²) >= 11 is 6.90. The summed E-state index contributed by atoms with van der Waals surface area (Å²) in [4.78, 5) is 29.1. The molecule has 1 aliphatic heterocycles. The van der Waals surface area contributed by atoms with E-state index in [-0.39, 0.29) is 23.5 Å². The summed E-state index contributed by atoms with van der Waals surface area (Å²) in [6.45, 7) is 0.180. The van der Waals surface area contributed by atoms with Crippen LogP contribution in [0.25, 0.3) is 6.08 Å². The second kappa shape index (κ2) is 9.80. The zero-order valence-corrected chi connectivity index (χ0v) is 18.1. The van der Waals surface area contributed by atoms with Crippen LogP contribution in [0.2, 0.25) is 5.02 Å². The zero-order valence-electron chi connectivity index (χ0n) is 16.5. The molecular weight excluding hydrogens is 451 g/mol. The Kier molecular flexibility index (Phi) is 6.68. The number of carbonyl (C=O) groups is 2. The summed E-state index contributed by atoms with van der Waals surface area (Å²) in [6.07, 6.45) is 1.66. The second-order valence-corrected chi connectivity index (χ2v) is 8.22. The zero-order chi connectivity index (χ0) is 22.5. The van der Waals surface area contributed by atoms with Crippen LogP contribution in [-0.2, 0) is 11.4 Å². The molecule has 1 aliphatic rings. The molecule has 3 aromatic carbocycles. The first kappa shape index (κ1) is 21.8. The minimum atomic E-state index is -0.482. The van der Waals surface area contributed by atoms with E-state index in [1.807, 2.05) is 12.1 Å². The lowest BCUT2D eigenvalue weighted by atomic mass is 10.2. The number of amidine groups is 1. The lowest BCUT2D eigenvalue weighted by Gasteiger charge is -2.09. The van der Waals surface area contributed by atoms with Crippen LogP contribution in [0.15, 0.2) is 82.7 Å². The van der Waals surface area contributed by atoms with Crippen molar-refractivity contribution in [1.29, 1.82) is 0 Å². The molecule has 1 N–H and O–H groups in total. The van der Waals surface area contributed by atoms with E-state index in [4.69, 9.17) is 16.3 Å². The van der Waals surface area contributed by atoms with Gasteiger partial charge < -0.3 is 10.1 Å². The molecule has 160 valence electrons. The van der Waals surface area contributed by atoms with Gasteiger partial charge in [-0.3, -0.25) is 9.59 Å². The number of ether oxygens (including phenoxy) is 1. The monoisotopic (exact) mass is 466 g/mol. The molecule has 0 spiro atoms. The normalized spacial score (nSPS) is 15.8. The summed E-state index contributed by atoms with van der Waals surface area (Å²) in [7, 11) is 0. The molecule has 1 saturated heterocycles. The van der Waals surface area contributed by atoms with Crippen LogP contribution in [0.3, 0.4) is 0 Å². The average molecular weight is 467 g/mol. The number of rotatable bonds is 5. The smallest absolute Gasteiger partial charge is 0.279 e. The number of hydrogen-bond acceptors (Lipinski definition) is 4. The highest BCUT2D eigenvalue weighted by Gasteiger charge is 2.25. The lowest BCUT2D eigenvalue weighted by molar-refractivity contribution is -0.115. The third kappa shape index (κ3) is 5.43. The third-order valence-corrected chi connectivity index (χ3v) is 5.60. The number of para-hydroxylation sites is 1. The highest BCUT2D eigenvalue weighted by Crippen LogP contribution is 2.30. The van der Waals surface area contributed by atoms with E-state index in [1.165, 1.54) is 12.1 Å². The Morgan fingerprint density at radius 1 is 1.09 bits per heavy atom. The molecule has 1 fully saturated rings. The number of benzene rings is 3. The summed E-state index contributed by atoms with van der Waals surface area (Å²) in [5.74, 6) is -0.636. The van der Waals surface area contributed by atoms with Gasteiger partial charge in [-0.15, -0.1) is 0 Å². The molecule has 0 bridgehead atoms. The van der Waals surface area contributed by atoms with Gasteiger partial charge in [0.1, 0.15) is 18.2 Å². The minimum Gasteiger partial charge on any atom is -0.488 e. The van der Waals surface area contributed by atoms with Crippen LogP contribution in [0.1, 0.15) is 21.5 Å². The number of hydrogen-bond donors (Lipinski definition) is 1. The van der Waals surface area contributed by atoms with Gasteiger partial charge in [-0.2, -0.15) is 4.99 Å². The number of aliphatic imine (C=N–C) groups is 1. The maximum Gasteiger partial charge on any atom is 0.279 e. The quantitative estimate of drug-likeness (QED) is 0.507. The minimum absolute atomic E-state index is 0.180. The maximum absolute atomic E-state index is 13.4. The third-order valence-electron chi connectivity index (χ3n) is 4.43. The molecule has 2 amide bonds. The van der Waals surface area contributed by atoms with Crippen molar-refractivity contribution in [2.75, 3.05) is 0 Å². The van der Waals surface area contributed by atoms with E-state index < -0.39 is 5.91 Å². The topological polar surface area (TPSA) is 67.8 Å². The molecular formula is C24H16ClFN2O3S. The first-order valence-corrected chi connectivity index (χ1v) is 10.7. The summed E-state index contributed by atoms with van der Waals surface area (Å²) in [5, 5.41) is 3.31. The van der Waals surface area contributed by atoms with Crippen molar-refractivity contribution >= 4 is 46.4 Å². The van der Waals surface area contributed by atoms with Gasteiger partial charge in [-0.25, -0.2) is 4.39 Å². The van der Waals surface area contributed by atoms with E-state index in [9.17, 15) is 14.0 Å². The Balaban J connectivity index is 1.50. The molecule has 3 aromatic rings. The number of amides is 2. The SMILES string of the molecule is O=C1NC(=NC(=O)c2ccc(Cl)cc2)S/C1=C\c1ccccc1OCc1cccc(F)c1. The van der Waals surface area contributed by atoms with Gasteiger partial charge in [0.2, 0.25) is 0 Å². The Labute approximate surface area is 193 Å². The fourth-order valence-corrected chi connectivity index (χ4v) is 3.83. The van der Waals surface area contributed by atoms with E-state index in [0.29, 0.717) is 32.4 Å². The van der Waals surface area contributed by atoms with Crippen LogP contribution in [-0.4, -0.2) is 17.0 Å². The van der Waals surface area contributed by atoms with Crippen molar-refractivity contribution in [3.05, 3.63) is 105 Å². The van der Waals surface area contributed by atoms with Gasteiger partial charge in [0.15, 0.2) is 5.17 Å². The van der Waals surface area contributed by atoms with Gasteiger partial charge in [-0.05, 0) is 65.9 Å². The molecule has 8 heteroatoms. The molecule has 4 rings (SSSR count). The molecule has 32 heavy (non-hydrogen) atoms. The van der Waals surface area contributed by atoms with Gasteiger partial charge in [0, 0.05) is 16.1 Å². The summed E-state index contributed by atoms with van der Waals surface area (Å²) < 4.78 is 19.2. The predicted octanol–water partition coefficient (Wildman–Crippen LogP) is 5.46. The van der Waals surface area contributed by atoms with Crippen LogP contribution >= 0.6 is 23.4 Å². The molecule has 0 radical (unpaired) electrons. The lowest BCUT2D eigenvalue weighted by Crippen LogP contribution is -2.20. The number of nitrogens with one attached hydrogen (secondary N) is 1. The molecule has 0 saturated carbocycles. The van der Waals surface area contributed by atoms with E-state index in [0.717, 1.165) is 11.8 Å². The van der Waals surface area contributed by atoms with Crippen LogP contribution < -0.4 is 10.1 Å². The number of nitrogens with zero attached hydrogens (tertiary/aromatic N) is 1. The molecule has 5 nitrogen and oxygen atoms in total. The Morgan fingerprint density at radius 2 is 1.88 bits per heavy atom. The number of halogens is 2. The van der Waals surface area contributed by atoms with E-state index in [2.05, 4.69) is 10.3 Å². The fourth-order valence-electron chi connectivity index (χ4n) is 2.89. The largest absolute Gasteiger partial charge is 0.488 e. The van der Waals surface area contributed by atoms with Crippen LogP contribution in [0.5, 0.6) is 5.75 Å². The summed E-state index contributed by atoms with van der Waals surface area (Å²) in [6, 6.07) is 19.7. The first-order chi connectivity index (χ1) is 15.5. The van der Waals surface area contributed by atoms with E-state index >= 15 is 0 Å². The standard InChI is InChI=1S/C24H16ClFN2O3S/c25-18-10-8-16(9-11-18)22(29)27-24-28-23(30)21(32-24)13-17-5-1-2-7-20(17)31-14-15-4-3-6-19(26)12-15/h1-13H,14H2,(H,27,28,29,30)/b21-13-. The van der Waals surface area contributed by atoms with Gasteiger partial charge in [-0.1, -0.05) is 41.9 Å². The van der Waals surface area contributed by atoms with Gasteiger partial charge in [0.05, 0.1) is 4.91 Å². The maximum atomic E-state index is 13.4. The van der Waals surface area contributed by atoms with Gasteiger partial charge >= 0.3 is 0 Å². The highest BCUT2D eigenvalue weighted by molar-refractivity contribution is 8.18. The van der Waals surface area contributed by atoms with Crippen LogP contribution in [0, 0.1) is 5.82 Å². The van der Waals surface area contributed by atoms with Crippen molar-refractivity contribution in [3.63, 3.8) is 0 Å². The van der Waals surface area contributed by atoms with Gasteiger partial charge in [0.25, 0.3) is 11.8 Å². The van der Waals surface area contributed by atoms with Crippen molar-refractivity contribution in [2.24, 2.45) is 4.99 Å². The molecule has 0 aromatic heterocycles. The second-order valence-electron chi connectivity index (χ2n) is 6.75. The number of thioether (sulfide) groups is 1. The Bertz CT molecular complexity index is 1240. The van der Waals surface area contributed by atoms with Crippen molar-refractivity contribution in [2.45, 2.75) is 6.61 Å². The first-order valence-electron chi connectivity index (χ1n) is 9.54. The highest BCUT2D eigenvalue weighted by atomic mass is 35.5. The Hall–Kier alpha value is -3.42. The van der Waals surface area contributed by atoms with Crippen molar-refractivity contribution < 1.29 is 18.7 Å². The molecule has 0 aliphatic carbocycles. The molecule has 0 atom stereocenters. The number of carbonyl (C=O) groups excluding carboxylic acids is 2. The van der Waals surface area contributed by atoms with Crippen LogP contribution in [0.4, 0.5) is 4.39 Å². The Morgan fingerprint density at radius 3 is 2.66 bits per heavy atom. The van der Waals surface area contributed by atoms with Crippen molar-refractivity contribution in [1.82, 2.24) is 5.32 Å². The average Bonchev–Trinajstić information content (AvgIpc) is 3.12. The predicted molar refractivity (Wildman–Crippen MR) is 124 cm³/mol. The molecule has 0 unspecified atom stereocenters. The summed E-state index contributed by atoms with van der Waals surface area (Å²) in [5.41, 5.74) is 1.73. The van der Waals surface area contributed by atoms with E-state index in [1.54, 1.807) is 54.6 Å². The van der Waals surface area contributed by atoms with Crippen molar-refractivity contribution in [3.8, 4) is 5.75 Å². The molecule has 1 heterocycles.